The molecule has 0 atom stereocenters. The summed E-state index contributed by atoms with van der Waals surface area (Å²) in [6.45, 7) is 0.0928. The molecular formula is C19H14ClF2N5. The van der Waals surface area contributed by atoms with Gasteiger partial charge < -0.3 is 10.3 Å². The molecule has 8 heteroatoms. The first-order valence-corrected chi connectivity index (χ1v) is 8.57. The van der Waals surface area contributed by atoms with Crippen LogP contribution in [0.1, 0.15) is 16.7 Å². The van der Waals surface area contributed by atoms with E-state index < -0.39 is 11.6 Å². The Labute approximate surface area is 158 Å². The third-order valence-corrected chi connectivity index (χ3v) is 4.36. The van der Waals surface area contributed by atoms with Crippen molar-refractivity contribution in [2.75, 3.05) is 5.32 Å². The smallest absolute Gasteiger partial charge is 0.222 e. The van der Waals surface area contributed by atoms with Crippen LogP contribution in [0.25, 0.3) is 11.0 Å². The summed E-state index contributed by atoms with van der Waals surface area (Å²) in [5.41, 5.74) is 2.92. The van der Waals surface area contributed by atoms with Crippen LogP contribution < -0.4 is 5.32 Å². The quantitative estimate of drug-likeness (QED) is 0.531. The van der Waals surface area contributed by atoms with E-state index >= 15 is 0 Å². The van der Waals surface area contributed by atoms with Crippen molar-refractivity contribution in [2.24, 2.45) is 0 Å². The van der Waals surface area contributed by atoms with Crippen LogP contribution in [-0.4, -0.2) is 19.9 Å². The molecule has 4 aromatic rings. The summed E-state index contributed by atoms with van der Waals surface area (Å²) in [7, 11) is 0. The second kappa shape index (κ2) is 7.28. The van der Waals surface area contributed by atoms with Gasteiger partial charge in [0.2, 0.25) is 5.95 Å². The van der Waals surface area contributed by atoms with Crippen molar-refractivity contribution in [1.29, 1.82) is 0 Å². The van der Waals surface area contributed by atoms with Crippen molar-refractivity contribution in [3.63, 3.8) is 0 Å². The van der Waals surface area contributed by atoms with E-state index in [1.807, 2.05) is 12.3 Å². The summed E-state index contributed by atoms with van der Waals surface area (Å²) in [5.74, 6) is -1.40. The molecule has 0 spiro atoms. The lowest BCUT2D eigenvalue weighted by molar-refractivity contribution is 0.500. The molecule has 0 radical (unpaired) electrons. The molecule has 0 amide bonds. The summed E-state index contributed by atoms with van der Waals surface area (Å²) < 4.78 is 26.9. The van der Waals surface area contributed by atoms with Crippen molar-refractivity contribution in [1.82, 2.24) is 19.9 Å². The maximum Gasteiger partial charge on any atom is 0.222 e. The van der Waals surface area contributed by atoms with E-state index in [1.54, 1.807) is 18.6 Å². The molecule has 136 valence electrons. The molecule has 0 fully saturated rings. The molecule has 0 aliphatic heterocycles. The molecule has 3 heterocycles. The van der Waals surface area contributed by atoms with Crippen molar-refractivity contribution in [3.8, 4) is 0 Å². The first-order chi connectivity index (χ1) is 13.1. The van der Waals surface area contributed by atoms with Gasteiger partial charge in [0, 0.05) is 48.7 Å². The minimum absolute atomic E-state index is 0.0928. The second-order valence-corrected chi connectivity index (χ2v) is 6.46. The van der Waals surface area contributed by atoms with Gasteiger partial charge in [-0.05, 0) is 23.3 Å². The maximum atomic E-state index is 13.7. The molecule has 3 aromatic heterocycles. The lowest BCUT2D eigenvalue weighted by Crippen LogP contribution is -2.06. The van der Waals surface area contributed by atoms with Crippen LogP contribution in [0, 0.1) is 11.6 Å². The van der Waals surface area contributed by atoms with Gasteiger partial charge in [-0.3, -0.25) is 0 Å². The highest BCUT2D eigenvalue weighted by molar-refractivity contribution is 6.31. The molecule has 0 aliphatic carbocycles. The standard InChI is InChI=1S/C19H14ClF2N5/c20-14-5-15-13(9-23-18(15)24-10-14)4-11-6-25-19(26-7-11)27-8-12-2-1-3-16(21)17(12)22/h1-3,5-7,9-10H,4,8H2,(H,23,24)(H,25,26,27). The summed E-state index contributed by atoms with van der Waals surface area (Å²) in [4.78, 5) is 15.8. The van der Waals surface area contributed by atoms with Crippen molar-refractivity contribution in [2.45, 2.75) is 13.0 Å². The highest BCUT2D eigenvalue weighted by Crippen LogP contribution is 2.22. The number of aromatic amines is 1. The first-order valence-electron chi connectivity index (χ1n) is 8.19. The average molecular weight is 386 g/mol. The first kappa shape index (κ1) is 17.4. The van der Waals surface area contributed by atoms with Crippen molar-refractivity contribution >= 4 is 28.6 Å². The van der Waals surface area contributed by atoms with E-state index in [2.05, 4.69) is 25.3 Å². The monoisotopic (exact) mass is 385 g/mol. The number of aromatic nitrogens is 4. The fraction of sp³-hybridized carbons (Fsp3) is 0.105. The Hall–Kier alpha value is -3.06. The Morgan fingerprint density at radius 1 is 1.04 bits per heavy atom. The van der Waals surface area contributed by atoms with Gasteiger partial charge in [0.15, 0.2) is 11.6 Å². The Bertz CT molecular complexity index is 1100. The molecule has 0 saturated heterocycles. The zero-order chi connectivity index (χ0) is 18.8. The van der Waals surface area contributed by atoms with Gasteiger partial charge in [0.05, 0.1) is 5.02 Å². The van der Waals surface area contributed by atoms with Crippen LogP contribution in [0.15, 0.2) is 49.1 Å². The molecule has 0 bridgehead atoms. The number of fused-ring (bicyclic) bond motifs is 1. The molecule has 0 unspecified atom stereocenters. The molecule has 0 aliphatic rings. The summed E-state index contributed by atoms with van der Waals surface area (Å²) in [6, 6.07) is 5.91. The van der Waals surface area contributed by atoms with Gasteiger partial charge in [-0.15, -0.1) is 0 Å². The zero-order valence-electron chi connectivity index (χ0n) is 14.0. The zero-order valence-corrected chi connectivity index (χ0v) is 14.8. The van der Waals surface area contributed by atoms with Gasteiger partial charge in [-0.2, -0.15) is 0 Å². The SMILES string of the molecule is Fc1cccc(CNc2ncc(Cc3c[nH]c4ncc(Cl)cc34)cn2)c1F. The van der Waals surface area contributed by atoms with E-state index in [4.69, 9.17) is 11.6 Å². The molecule has 4 rings (SSSR count). The number of nitrogens with zero attached hydrogens (tertiary/aromatic N) is 3. The Morgan fingerprint density at radius 3 is 2.67 bits per heavy atom. The summed E-state index contributed by atoms with van der Waals surface area (Å²) in [6.07, 6.45) is 7.46. The van der Waals surface area contributed by atoms with Crippen LogP contribution in [0.3, 0.4) is 0 Å². The van der Waals surface area contributed by atoms with Gasteiger partial charge in [0.25, 0.3) is 0 Å². The molecule has 0 saturated carbocycles. The second-order valence-electron chi connectivity index (χ2n) is 6.02. The third kappa shape index (κ3) is 3.73. The Morgan fingerprint density at radius 2 is 1.85 bits per heavy atom. The van der Waals surface area contributed by atoms with Crippen molar-refractivity contribution in [3.05, 3.63) is 82.4 Å². The number of halogens is 3. The van der Waals surface area contributed by atoms with E-state index in [0.717, 1.165) is 28.2 Å². The molecular weight excluding hydrogens is 372 g/mol. The minimum atomic E-state index is -0.876. The molecule has 1 aromatic carbocycles. The Kier molecular flexibility index (Phi) is 4.68. The van der Waals surface area contributed by atoms with E-state index in [-0.39, 0.29) is 12.1 Å². The number of H-pyrrole nitrogens is 1. The topological polar surface area (TPSA) is 66.5 Å². The van der Waals surface area contributed by atoms with E-state index in [0.29, 0.717) is 17.4 Å². The molecule has 5 nitrogen and oxygen atoms in total. The van der Waals surface area contributed by atoms with E-state index in [9.17, 15) is 8.78 Å². The van der Waals surface area contributed by atoms with Crippen LogP contribution in [0.2, 0.25) is 5.02 Å². The highest BCUT2D eigenvalue weighted by Gasteiger charge is 2.09. The predicted molar refractivity (Wildman–Crippen MR) is 99.6 cm³/mol. The normalized spacial score (nSPS) is 11.1. The summed E-state index contributed by atoms with van der Waals surface area (Å²) in [5, 5.41) is 4.41. The number of rotatable bonds is 5. The van der Waals surface area contributed by atoms with E-state index in [1.165, 1.54) is 12.1 Å². The number of pyridine rings is 1. The number of hydrogen-bond donors (Lipinski definition) is 2. The highest BCUT2D eigenvalue weighted by atomic mass is 35.5. The number of benzene rings is 1. The van der Waals surface area contributed by atoms with Gasteiger partial charge in [-0.1, -0.05) is 23.7 Å². The predicted octanol–water partition coefficient (Wildman–Crippen LogP) is 4.49. The Balaban J connectivity index is 1.45. The molecule has 27 heavy (non-hydrogen) atoms. The maximum absolute atomic E-state index is 13.7. The lowest BCUT2D eigenvalue weighted by atomic mass is 10.1. The van der Waals surface area contributed by atoms with Gasteiger partial charge in [0.1, 0.15) is 5.65 Å². The fourth-order valence-corrected chi connectivity index (χ4v) is 2.95. The minimum Gasteiger partial charge on any atom is -0.350 e. The van der Waals surface area contributed by atoms with Crippen LogP contribution in [0.4, 0.5) is 14.7 Å². The molecule has 2 N–H and O–H groups in total. The van der Waals surface area contributed by atoms with Gasteiger partial charge in [-0.25, -0.2) is 23.7 Å². The number of nitrogens with one attached hydrogen (secondary N) is 2. The summed E-state index contributed by atoms with van der Waals surface area (Å²) >= 11 is 6.02. The fourth-order valence-electron chi connectivity index (χ4n) is 2.80. The van der Waals surface area contributed by atoms with Crippen molar-refractivity contribution < 1.29 is 8.78 Å². The average Bonchev–Trinajstić information content (AvgIpc) is 3.06. The van der Waals surface area contributed by atoms with Gasteiger partial charge >= 0.3 is 0 Å². The largest absolute Gasteiger partial charge is 0.350 e. The van der Waals surface area contributed by atoms with Crippen LogP contribution in [0.5, 0.6) is 0 Å². The lowest BCUT2D eigenvalue weighted by Gasteiger charge is -2.07. The number of hydrogen-bond acceptors (Lipinski definition) is 4. The number of anilines is 1. The third-order valence-electron chi connectivity index (χ3n) is 4.15. The van der Waals surface area contributed by atoms with Crippen LogP contribution in [-0.2, 0) is 13.0 Å². The van der Waals surface area contributed by atoms with Crippen LogP contribution >= 0.6 is 11.6 Å².